The normalized spacial score (nSPS) is 11.4. The zero-order valence-corrected chi connectivity index (χ0v) is 9.47. The number of thiophene rings is 1. The molecule has 0 saturated carbocycles. The van der Waals surface area contributed by atoms with Crippen molar-refractivity contribution in [2.75, 3.05) is 13.7 Å². The highest BCUT2D eigenvalue weighted by atomic mass is 32.1. The fourth-order valence-electron chi connectivity index (χ4n) is 0.946. The van der Waals surface area contributed by atoms with Gasteiger partial charge in [-0.1, -0.05) is 6.07 Å². The van der Waals surface area contributed by atoms with Crippen LogP contribution in [0.5, 0.6) is 0 Å². The van der Waals surface area contributed by atoms with Gasteiger partial charge in [-0.15, -0.1) is 11.3 Å². The molecule has 1 amide bonds. The van der Waals surface area contributed by atoms with Crippen LogP contribution in [0.4, 0.5) is 0 Å². The Balaban J connectivity index is 2.81. The lowest BCUT2D eigenvalue weighted by Gasteiger charge is -2.33. The van der Waals surface area contributed by atoms with Gasteiger partial charge in [0.2, 0.25) is 0 Å². The van der Waals surface area contributed by atoms with Crippen molar-refractivity contribution in [2.45, 2.75) is 19.4 Å². The average Bonchev–Trinajstić information content (AvgIpc) is 2.68. The number of hydrogen-bond acceptors (Lipinski definition) is 3. The van der Waals surface area contributed by atoms with Crippen LogP contribution in [0.3, 0.4) is 0 Å². The number of amides is 1. The first kappa shape index (κ1) is 11.2. The van der Waals surface area contributed by atoms with Crippen molar-refractivity contribution in [1.29, 1.82) is 0 Å². The van der Waals surface area contributed by atoms with Crippen molar-refractivity contribution in [2.24, 2.45) is 0 Å². The summed E-state index contributed by atoms with van der Waals surface area (Å²) in [7, 11) is 1.71. The molecule has 0 aliphatic rings. The highest BCUT2D eigenvalue weighted by Gasteiger charge is 2.27. The maximum atomic E-state index is 11.8. The van der Waals surface area contributed by atoms with Gasteiger partial charge in [-0.05, 0) is 25.3 Å². The topological polar surface area (TPSA) is 40.5 Å². The van der Waals surface area contributed by atoms with E-state index in [0.717, 1.165) is 0 Å². The van der Waals surface area contributed by atoms with Gasteiger partial charge in [-0.3, -0.25) is 4.79 Å². The third kappa shape index (κ3) is 2.13. The molecule has 1 aromatic heterocycles. The number of aliphatic hydroxyl groups is 1. The zero-order chi connectivity index (χ0) is 10.8. The molecule has 1 N–H and O–H groups in total. The van der Waals surface area contributed by atoms with Crippen molar-refractivity contribution in [3.05, 3.63) is 22.4 Å². The summed E-state index contributed by atoms with van der Waals surface area (Å²) < 4.78 is 0. The summed E-state index contributed by atoms with van der Waals surface area (Å²) in [6, 6.07) is 3.63. The molecule has 0 aromatic carbocycles. The van der Waals surface area contributed by atoms with E-state index >= 15 is 0 Å². The van der Waals surface area contributed by atoms with Gasteiger partial charge in [0.15, 0.2) is 0 Å². The van der Waals surface area contributed by atoms with E-state index in [2.05, 4.69) is 0 Å². The lowest BCUT2D eigenvalue weighted by Crippen LogP contribution is -2.47. The van der Waals surface area contributed by atoms with E-state index in [0.29, 0.717) is 4.88 Å². The third-order valence-electron chi connectivity index (χ3n) is 2.33. The van der Waals surface area contributed by atoms with Crippen molar-refractivity contribution >= 4 is 17.2 Å². The number of aliphatic hydroxyl groups excluding tert-OH is 1. The summed E-state index contributed by atoms with van der Waals surface area (Å²) in [5.74, 6) is -0.0425. The first-order valence-corrected chi connectivity index (χ1v) is 5.29. The summed E-state index contributed by atoms with van der Waals surface area (Å²) in [5, 5.41) is 11.0. The molecule has 0 atom stereocenters. The van der Waals surface area contributed by atoms with Crippen LogP contribution in [0.15, 0.2) is 17.5 Å². The lowest BCUT2D eigenvalue weighted by molar-refractivity contribution is 0.0478. The van der Waals surface area contributed by atoms with Gasteiger partial charge >= 0.3 is 0 Å². The summed E-state index contributed by atoms with van der Waals surface area (Å²) >= 11 is 1.41. The Morgan fingerprint density at radius 2 is 2.29 bits per heavy atom. The van der Waals surface area contributed by atoms with Crippen molar-refractivity contribution in [1.82, 2.24) is 4.90 Å². The van der Waals surface area contributed by atoms with Gasteiger partial charge in [0.25, 0.3) is 5.91 Å². The smallest absolute Gasteiger partial charge is 0.264 e. The van der Waals surface area contributed by atoms with Gasteiger partial charge in [0.1, 0.15) is 0 Å². The predicted octanol–water partition coefficient (Wildman–Crippen LogP) is 1.59. The minimum Gasteiger partial charge on any atom is -0.394 e. The maximum Gasteiger partial charge on any atom is 0.264 e. The Bertz CT molecular complexity index is 306. The maximum absolute atomic E-state index is 11.8. The number of rotatable bonds is 3. The number of carbonyl (C=O) groups is 1. The molecular weight excluding hydrogens is 198 g/mol. The van der Waals surface area contributed by atoms with Crippen molar-refractivity contribution in [3.8, 4) is 0 Å². The van der Waals surface area contributed by atoms with E-state index < -0.39 is 5.54 Å². The van der Waals surface area contributed by atoms with Crippen LogP contribution >= 0.6 is 11.3 Å². The Morgan fingerprint density at radius 1 is 1.64 bits per heavy atom. The highest BCUT2D eigenvalue weighted by molar-refractivity contribution is 7.12. The van der Waals surface area contributed by atoms with Gasteiger partial charge < -0.3 is 10.0 Å². The van der Waals surface area contributed by atoms with Crippen LogP contribution < -0.4 is 0 Å². The van der Waals surface area contributed by atoms with Crippen molar-refractivity contribution < 1.29 is 9.90 Å². The molecule has 0 fully saturated rings. The fourth-order valence-corrected chi connectivity index (χ4v) is 1.65. The molecule has 0 saturated heterocycles. The van der Waals surface area contributed by atoms with Crippen LogP contribution in [-0.2, 0) is 0 Å². The Kier molecular flexibility index (Phi) is 3.29. The summed E-state index contributed by atoms with van der Waals surface area (Å²) in [5.41, 5.74) is -0.513. The standard InChI is InChI=1S/C10H15NO2S/c1-10(2,7-12)11(3)9(13)8-5-4-6-14-8/h4-6,12H,7H2,1-3H3. The van der Waals surface area contributed by atoms with E-state index in [1.54, 1.807) is 18.0 Å². The first-order valence-electron chi connectivity index (χ1n) is 4.41. The number of nitrogens with zero attached hydrogens (tertiary/aromatic N) is 1. The highest BCUT2D eigenvalue weighted by Crippen LogP contribution is 2.17. The zero-order valence-electron chi connectivity index (χ0n) is 8.65. The van der Waals surface area contributed by atoms with Gasteiger partial charge in [-0.25, -0.2) is 0 Å². The molecule has 0 bridgehead atoms. The Labute approximate surface area is 88.0 Å². The predicted molar refractivity (Wildman–Crippen MR) is 57.6 cm³/mol. The molecule has 1 aromatic rings. The largest absolute Gasteiger partial charge is 0.394 e. The molecule has 4 heteroatoms. The van der Waals surface area contributed by atoms with Crippen LogP contribution in [0.25, 0.3) is 0 Å². The van der Waals surface area contributed by atoms with Gasteiger partial charge in [0.05, 0.1) is 17.0 Å². The third-order valence-corrected chi connectivity index (χ3v) is 3.19. The SMILES string of the molecule is CN(C(=O)c1cccs1)C(C)(C)CO. The number of hydrogen-bond donors (Lipinski definition) is 1. The van der Waals surface area contributed by atoms with Crippen LogP contribution in [0.1, 0.15) is 23.5 Å². The monoisotopic (exact) mass is 213 g/mol. The van der Waals surface area contributed by atoms with E-state index in [-0.39, 0.29) is 12.5 Å². The molecule has 14 heavy (non-hydrogen) atoms. The quantitative estimate of drug-likeness (QED) is 0.828. The van der Waals surface area contributed by atoms with E-state index in [9.17, 15) is 4.79 Å². The van der Waals surface area contributed by atoms with Crippen molar-refractivity contribution in [3.63, 3.8) is 0 Å². The summed E-state index contributed by atoms with van der Waals surface area (Å²) in [6.45, 7) is 3.62. The molecule has 0 aliphatic heterocycles. The van der Waals surface area contributed by atoms with E-state index in [1.807, 2.05) is 25.3 Å². The first-order chi connectivity index (χ1) is 6.49. The second-order valence-electron chi connectivity index (χ2n) is 3.81. The van der Waals surface area contributed by atoms with E-state index in [1.165, 1.54) is 11.3 Å². The van der Waals surface area contributed by atoms with Gasteiger partial charge in [-0.2, -0.15) is 0 Å². The summed E-state index contributed by atoms with van der Waals surface area (Å²) in [4.78, 5) is 14.1. The Hall–Kier alpha value is -0.870. The fraction of sp³-hybridized carbons (Fsp3) is 0.500. The Morgan fingerprint density at radius 3 is 2.71 bits per heavy atom. The number of likely N-dealkylation sites (N-methyl/N-ethyl adjacent to an activating group) is 1. The van der Waals surface area contributed by atoms with Gasteiger partial charge in [0, 0.05) is 7.05 Å². The van der Waals surface area contributed by atoms with Crippen LogP contribution in [0, 0.1) is 0 Å². The molecule has 0 radical (unpaired) electrons. The lowest BCUT2D eigenvalue weighted by atomic mass is 10.1. The second-order valence-corrected chi connectivity index (χ2v) is 4.76. The molecule has 3 nitrogen and oxygen atoms in total. The molecule has 0 spiro atoms. The molecule has 0 unspecified atom stereocenters. The minimum atomic E-state index is -0.513. The molecule has 1 heterocycles. The minimum absolute atomic E-state index is 0.0411. The van der Waals surface area contributed by atoms with E-state index in [4.69, 9.17) is 5.11 Å². The molecule has 1 rings (SSSR count). The average molecular weight is 213 g/mol. The molecule has 78 valence electrons. The van der Waals surface area contributed by atoms with Crippen LogP contribution in [0.2, 0.25) is 0 Å². The summed E-state index contributed by atoms with van der Waals surface area (Å²) in [6.07, 6.45) is 0. The second kappa shape index (κ2) is 4.11. The molecular formula is C10H15NO2S. The number of carbonyl (C=O) groups excluding carboxylic acids is 1. The molecule has 0 aliphatic carbocycles. The van der Waals surface area contributed by atoms with Crippen LogP contribution in [-0.4, -0.2) is 35.1 Å².